The molecule has 3 aromatic rings. The fourth-order valence-corrected chi connectivity index (χ4v) is 5.48. The molecule has 1 N–H and O–H groups in total. The monoisotopic (exact) mass is 496 g/mol. The highest BCUT2D eigenvalue weighted by molar-refractivity contribution is 7.99. The molecule has 186 valence electrons. The lowest BCUT2D eigenvalue weighted by Gasteiger charge is -2.39. The molecule has 0 spiro atoms. The summed E-state index contributed by atoms with van der Waals surface area (Å²) in [6.07, 6.45) is 3.20. The number of methoxy groups -OCH3 is 2. The van der Waals surface area contributed by atoms with E-state index in [-0.39, 0.29) is 36.2 Å². The van der Waals surface area contributed by atoms with E-state index < -0.39 is 0 Å². The average Bonchev–Trinajstić information content (AvgIpc) is 3.20. The zero-order valence-corrected chi connectivity index (χ0v) is 21.4. The highest BCUT2D eigenvalue weighted by Gasteiger charge is 2.29. The van der Waals surface area contributed by atoms with E-state index in [1.165, 1.54) is 11.8 Å². The number of piperidine rings is 1. The van der Waals surface area contributed by atoms with Crippen LogP contribution < -0.4 is 14.8 Å². The van der Waals surface area contributed by atoms with Gasteiger partial charge >= 0.3 is 0 Å². The maximum Gasteiger partial charge on any atom is 0.243 e. The molecule has 8 nitrogen and oxygen atoms in total. The normalized spacial score (nSPS) is 17.9. The van der Waals surface area contributed by atoms with Crippen molar-refractivity contribution < 1.29 is 19.1 Å². The van der Waals surface area contributed by atoms with Crippen molar-refractivity contribution in [3.8, 4) is 11.5 Å². The fraction of sp³-hybridized carbons (Fsp3) is 0.423. The predicted octanol–water partition coefficient (Wildman–Crippen LogP) is 4.57. The predicted molar refractivity (Wildman–Crippen MR) is 138 cm³/mol. The summed E-state index contributed by atoms with van der Waals surface area (Å²) < 4.78 is 12.5. The molecule has 1 saturated heterocycles. The molecule has 2 aromatic carbocycles. The van der Waals surface area contributed by atoms with Crippen molar-refractivity contribution in [2.24, 2.45) is 0 Å². The molecule has 2 atom stereocenters. The van der Waals surface area contributed by atoms with Gasteiger partial charge in [-0.05, 0) is 57.4 Å². The van der Waals surface area contributed by atoms with Crippen LogP contribution in [0.2, 0.25) is 0 Å². The summed E-state index contributed by atoms with van der Waals surface area (Å²) in [6, 6.07) is 13.4. The van der Waals surface area contributed by atoms with Gasteiger partial charge in [0.05, 0.1) is 36.7 Å². The number of anilines is 1. The number of thioether (sulfide) groups is 1. The summed E-state index contributed by atoms with van der Waals surface area (Å²) in [4.78, 5) is 32.8. The molecule has 1 aromatic heterocycles. The Morgan fingerprint density at radius 1 is 1.09 bits per heavy atom. The Hall–Kier alpha value is -3.20. The SMILES string of the molecule is COc1ccc(NC(=O)CSc2nc3ccccc3n2CC(=O)N2[C@H](C)CCC[C@H]2C)c(OC)c1. The molecule has 0 aliphatic carbocycles. The number of imidazole rings is 1. The third-order valence-electron chi connectivity index (χ3n) is 6.41. The maximum atomic E-state index is 13.3. The standard InChI is InChI=1S/C26H32N4O4S/c1-17-8-7-9-18(2)30(17)25(32)15-29-22-11-6-5-10-20(22)28-26(29)35-16-24(31)27-21-13-12-19(33-3)14-23(21)34-4/h5-6,10-14,17-18H,7-9,15-16H2,1-4H3,(H,27,31)/t17-,18-/m1/s1. The Kier molecular flexibility index (Phi) is 7.85. The van der Waals surface area contributed by atoms with Crippen LogP contribution in [-0.2, 0) is 16.1 Å². The molecule has 0 unspecified atom stereocenters. The summed E-state index contributed by atoms with van der Waals surface area (Å²) in [7, 11) is 3.12. The molecule has 9 heteroatoms. The minimum Gasteiger partial charge on any atom is -0.497 e. The summed E-state index contributed by atoms with van der Waals surface area (Å²) >= 11 is 1.32. The quantitative estimate of drug-likeness (QED) is 0.460. The maximum absolute atomic E-state index is 13.3. The van der Waals surface area contributed by atoms with Gasteiger partial charge < -0.3 is 24.3 Å². The first kappa shape index (κ1) is 24.9. The molecular weight excluding hydrogens is 464 g/mol. The second kappa shape index (κ2) is 11.0. The van der Waals surface area contributed by atoms with Crippen LogP contribution >= 0.6 is 11.8 Å². The summed E-state index contributed by atoms with van der Waals surface area (Å²) in [5.74, 6) is 1.20. The molecule has 2 heterocycles. The lowest BCUT2D eigenvalue weighted by Crippen LogP contribution is -2.48. The largest absolute Gasteiger partial charge is 0.497 e. The van der Waals surface area contributed by atoms with E-state index in [0.29, 0.717) is 22.3 Å². The van der Waals surface area contributed by atoms with Crippen molar-refractivity contribution in [3.63, 3.8) is 0 Å². The second-order valence-corrected chi connectivity index (χ2v) is 9.74. The molecule has 0 radical (unpaired) electrons. The van der Waals surface area contributed by atoms with E-state index in [0.717, 1.165) is 30.3 Å². The Morgan fingerprint density at radius 2 is 1.83 bits per heavy atom. The van der Waals surface area contributed by atoms with Crippen LogP contribution in [0.1, 0.15) is 33.1 Å². The van der Waals surface area contributed by atoms with Gasteiger partial charge in [-0.3, -0.25) is 9.59 Å². The van der Waals surface area contributed by atoms with Crippen LogP contribution in [0, 0.1) is 0 Å². The Balaban J connectivity index is 1.50. The number of ether oxygens (including phenoxy) is 2. The minimum atomic E-state index is -0.193. The number of rotatable bonds is 8. The van der Waals surface area contributed by atoms with Gasteiger partial charge in [0.2, 0.25) is 11.8 Å². The number of benzene rings is 2. The number of aromatic nitrogens is 2. The number of likely N-dealkylation sites (tertiary alicyclic amines) is 1. The number of nitrogens with zero attached hydrogens (tertiary/aromatic N) is 3. The lowest BCUT2D eigenvalue weighted by atomic mass is 9.97. The van der Waals surface area contributed by atoms with E-state index in [1.807, 2.05) is 33.7 Å². The number of carbonyl (C=O) groups is 2. The van der Waals surface area contributed by atoms with Crippen LogP contribution in [-0.4, -0.2) is 58.3 Å². The summed E-state index contributed by atoms with van der Waals surface area (Å²) in [5.41, 5.74) is 2.26. The Morgan fingerprint density at radius 3 is 2.54 bits per heavy atom. The molecule has 0 bridgehead atoms. The molecule has 2 amide bonds. The van der Waals surface area contributed by atoms with E-state index in [2.05, 4.69) is 19.2 Å². The van der Waals surface area contributed by atoms with Gasteiger partial charge in [0.25, 0.3) is 0 Å². The smallest absolute Gasteiger partial charge is 0.243 e. The highest BCUT2D eigenvalue weighted by Crippen LogP contribution is 2.30. The number of fused-ring (bicyclic) bond motifs is 1. The average molecular weight is 497 g/mol. The van der Waals surface area contributed by atoms with Crippen LogP contribution in [0.15, 0.2) is 47.6 Å². The Labute approximate surface area is 210 Å². The van der Waals surface area contributed by atoms with Crippen LogP contribution in [0.5, 0.6) is 11.5 Å². The molecule has 1 aliphatic heterocycles. The van der Waals surface area contributed by atoms with Crippen molar-refractivity contribution in [1.82, 2.24) is 14.5 Å². The first-order chi connectivity index (χ1) is 16.9. The number of hydrogen-bond acceptors (Lipinski definition) is 6. The third kappa shape index (κ3) is 5.56. The molecule has 35 heavy (non-hydrogen) atoms. The summed E-state index contributed by atoms with van der Waals surface area (Å²) in [6.45, 7) is 4.44. The van der Waals surface area contributed by atoms with Crippen LogP contribution in [0.25, 0.3) is 11.0 Å². The first-order valence-electron chi connectivity index (χ1n) is 11.8. The lowest BCUT2D eigenvalue weighted by molar-refractivity contribution is -0.138. The molecule has 4 rings (SSSR count). The Bertz CT molecular complexity index is 1200. The number of amides is 2. The van der Waals surface area contributed by atoms with Crippen LogP contribution in [0.4, 0.5) is 5.69 Å². The number of hydrogen-bond donors (Lipinski definition) is 1. The first-order valence-corrected chi connectivity index (χ1v) is 12.8. The fourth-order valence-electron chi connectivity index (χ4n) is 4.66. The van der Waals surface area contributed by atoms with E-state index in [1.54, 1.807) is 32.4 Å². The van der Waals surface area contributed by atoms with E-state index in [9.17, 15) is 9.59 Å². The molecular formula is C26H32N4O4S. The molecule has 1 aliphatic rings. The van der Waals surface area contributed by atoms with Crippen LogP contribution in [0.3, 0.4) is 0 Å². The highest BCUT2D eigenvalue weighted by atomic mass is 32.2. The molecule has 0 saturated carbocycles. The van der Waals surface area contributed by atoms with Crippen molar-refractivity contribution in [2.75, 3.05) is 25.3 Å². The van der Waals surface area contributed by atoms with Crippen molar-refractivity contribution >= 4 is 40.3 Å². The van der Waals surface area contributed by atoms with Crippen molar-refractivity contribution in [2.45, 2.75) is 56.9 Å². The molecule has 1 fully saturated rings. The van der Waals surface area contributed by atoms with Gasteiger partial charge in [0.15, 0.2) is 5.16 Å². The number of carbonyl (C=O) groups excluding carboxylic acids is 2. The van der Waals surface area contributed by atoms with Crippen molar-refractivity contribution in [1.29, 1.82) is 0 Å². The second-order valence-electron chi connectivity index (χ2n) is 8.80. The minimum absolute atomic E-state index is 0.0853. The zero-order chi connectivity index (χ0) is 24.9. The van der Waals surface area contributed by atoms with Gasteiger partial charge in [-0.2, -0.15) is 0 Å². The van der Waals surface area contributed by atoms with Gasteiger partial charge in [-0.25, -0.2) is 4.98 Å². The zero-order valence-electron chi connectivity index (χ0n) is 20.6. The van der Waals surface area contributed by atoms with E-state index in [4.69, 9.17) is 14.5 Å². The number of para-hydroxylation sites is 2. The third-order valence-corrected chi connectivity index (χ3v) is 7.39. The number of nitrogens with one attached hydrogen (secondary N) is 1. The van der Waals surface area contributed by atoms with Gasteiger partial charge in [0.1, 0.15) is 18.0 Å². The van der Waals surface area contributed by atoms with Gasteiger partial charge in [0, 0.05) is 18.2 Å². The van der Waals surface area contributed by atoms with Crippen molar-refractivity contribution in [3.05, 3.63) is 42.5 Å². The van der Waals surface area contributed by atoms with Gasteiger partial charge in [-0.15, -0.1) is 0 Å². The topological polar surface area (TPSA) is 85.7 Å². The summed E-state index contributed by atoms with van der Waals surface area (Å²) in [5, 5.41) is 3.53. The van der Waals surface area contributed by atoms with E-state index >= 15 is 0 Å². The van der Waals surface area contributed by atoms with Gasteiger partial charge in [-0.1, -0.05) is 23.9 Å².